The number of aryl methyl sites for hydroxylation is 1. The summed E-state index contributed by atoms with van der Waals surface area (Å²) in [7, 11) is -3.57. The number of ether oxygens (including phenoxy) is 1. The second-order valence-electron chi connectivity index (χ2n) is 4.65. The number of epoxide rings is 1. The average molecular weight is 270 g/mol. The molecule has 5 nitrogen and oxygen atoms in total. The predicted molar refractivity (Wildman–Crippen MR) is 69.1 cm³/mol. The first-order valence-corrected chi connectivity index (χ1v) is 7.54. The molecule has 0 spiro atoms. The highest BCUT2D eigenvalue weighted by Gasteiger charge is 2.47. The number of rotatable bonds is 6. The maximum atomic E-state index is 11.0. The van der Waals surface area contributed by atoms with E-state index in [1.54, 1.807) is 0 Å². The zero-order chi connectivity index (χ0) is 13.2. The minimum Gasteiger partial charge on any atom is -0.351 e. The molecule has 18 heavy (non-hydrogen) atoms. The van der Waals surface area contributed by atoms with E-state index in [1.807, 2.05) is 30.3 Å². The van der Waals surface area contributed by atoms with Gasteiger partial charge in [-0.1, -0.05) is 30.3 Å². The molecular weight excluding hydrogens is 252 g/mol. The van der Waals surface area contributed by atoms with E-state index in [9.17, 15) is 8.42 Å². The highest BCUT2D eigenvalue weighted by molar-refractivity contribution is 7.89. The SMILES string of the molecule is N[C@H](CCc1ccccc1)CC1OC1S(N)(=O)=O. The van der Waals surface area contributed by atoms with Crippen LogP contribution in [-0.2, 0) is 21.2 Å². The molecule has 0 bridgehead atoms. The fourth-order valence-electron chi connectivity index (χ4n) is 2.00. The van der Waals surface area contributed by atoms with Crippen molar-refractivity contribution in [1.29, 1.82) is 0 Å². The Hall–Kier alpha value is -0.950. The van der Waals surface area contributed by atoms with Gasteiger partial charge in [0.25, 0.3) is 0 Å². The van der Waals surface area contributed by atoms with Gasteiger partial charge in [0.1, 0.15) is 6.10 Å². The first kappa shape index (κ1) is 13.5. The van der Waals surface area contributed by atoms with Crippen molar-refractivity contribution in [2.45, 2.75) is 36.8 Å². The van der Waals surface area contributed by atoms with Gasteiger partial charge in [0, 0.05) is 6.04 Å². The summed E-state index contributed by atoms with van der Waals surface area (Å²) in [6.45, 7) is 0. The minimum absolute atomic E-state index is 0.0676. The maximum Gasteiger partial charge on any atom is 0.238 e. The van der Waals surface area contributed by atoms with Gasteiger partial charge >= 0.3 is 0 Å². The number of hydrogen-bond donors (Lipinski definition) is 2. The monoisotopic (exact) mass is 270 g/mol. The van der Waals surface area contributed by atoms with E-state index in [-0.39, 0.29) is 12.1 Å². The molecule has 100 valence electrons. The molecule has 1 aromatic rings. The van der Waals surface area contributed by atoms with Crippen molar-refractivity contribution in [3.63, 3.8) is 0 Å². The fraction of sp³-hybridized carbons (Fsp3) is 0.500. The Labute approximate surface area is 107 Å². The van der Waals surface area contributed by atoms with Crippen molar-refractivity contribution < 1.29 is 13.2 Å². The largest absolute Gasteiger partial charge is 0.351 e. The lowest BCUT2D eigenvalue weighted by atomic mass is 10.0. The highest BCUT2D eigenvalue weighted by atomic mass is 32.2. The Balaban J connectivity index is 1.73. The lowest BCUT2D eigenvalue weighted by molar-refractivity contribution is 0.366. The molecular formula is C12H18N2O3S. The van der Waals surface area contributed by atoms with Gasteiger partial charge in [-0.3, -0.25) is 0 Å². The number of hydrogen-bond acceptors (Lipinski definition) is 4. The summed E-state index contributed by atoms with van der Waals surface area (Å²) < 4.78 is 27.0. The quantitative estimate of drug-likeness (QED) is 0.729. The topological polar surface area (TPSA) is 98.7 Å². The summed E-state index contributed by atoms with van der Waals surface area (Å²) in [6, 6.07) is 9.98. The Kier molecular flexibility index (Phi) is 4.01. The van der Waals surface area contributed by atoms with Gasteiger partial charge in [0.05, 0.1) is 0 Å². The van der Waals surface area contributed by atoms with Crippen LogP contribution in [0.1, 0.15) is 18.4 Å². The van der Waals surface area contributed by atoms with Crippen LogP contribution in [0.3, 0.4) is 0 Å². The van der Waals surface area contributed by atoms with Crippen LogP contribution >= 0.6 is 0 Å². The molecule has 6 heteroatoms. The summed E-state index contributed by atoms with van der Waals surface area (Å²) in [6.07, 6.45) is 1.90. The molecule has 0 amide bonds. The summed E-state index contributed by atoms with van der Waals surface area (Å²) in [4.78, 5) is 0. The van der Waals surface area contributed by atoms with Gasteiger partial charge in [-0.2, -0.15) is 0 Å². The molecule has 0 aliphatic carbocycles. The van der Waals surface area contributed by atoms with E-state index in [0.29, 0.717) is 6.42 Å². The number of benzene rings is 1. The lowest BCUT2D eigenvalue weighted by Gasteiger charge is -2.09. The standard InChI is InChI=1S/C12H18N2O3S/c13-10(7-6-9-4-2-1-3-5-9)8-11-12(17-11)18(14,15)16/h1-5,10-12H,6-8,13H2,(H2,14,15,16)/t10-,11?,12?/m1/s1. The third-order valence-corrected chi connectivity index (χ3v) is 4.10. The van der Waals surface area contributed by atoms with Crippen LogP contribution in [0.25, 0.3) is 0 Å². The molecule has 1 aliphatic rings. The van der Waals surface area contributed by atoms with Crippen molar-refractivity contribution in [1.82, 2.24) is 0 Å². The number of primary sulfonamides is 1. The molecule has 0 radical (unpaired) electrons. The van der Waals surface area contributed by atoms with Crippen molar-refractivity contribution >= 4 is 10.0 Å². The van der Waals surface area contributed by atoms with E-state index < -0.39 is 15.5 Å². The Morgan fingerprint density at radius 2 is 1.94 bits per heavy atom. The normalized spacial score (nSPS) is 24.8. The number of sulfonamides is 1. The van der Waals surface area contributed by atoms with Gasteiger partial charge in [-0.25, -0.2) is 13.6 Å². The lowest BCUT2D eigenvalue weighted by Crippen LogP contribution is -2.26. The van der Waals surface area contributed by atoms with Crippen LogP contribution in [0.15, 0.2) is 30.3 Å². The van der Waals surface area contributed by atoms with Crippen molar-refractivity contribution in [3.8, 4) is 0 Å². The van der Waals surface area contributed by atoms with E-state index >= 15 is 0 Å². The van der Waals surface area contributed by atoms with E-state index in [1.165, 1.54) is 5.56 Å². The molecule has 0 aromatic heterocycles. The van der Waals surface area contributed by atoms with Crippen LogP contribution in [0, 0.1) is 0 Å². The van der Waals surface area contributed by atoms with Crippen molar-refractivity contribution in [2.24, 2.45) is 10.9 Å². The summed E-state index contributed by atoms with van der Waals surface area (Å²) in [5.41, 5.74) is 6.33. The molecule has 2 rings (SSSR count). The second kappa shape index (κ2) is 5.36. The fourth-order valence-corrected chi connectivity index (χ4v) is 2.83. The molecule has 1 aromatic carbocycles. The molecule has 4 N–H and O–H groups in total. The van der Waals surface area contributed by atoms with Crippen LogP contribution in [-0.4, -0.2) is 26.0 Å². The zero-order valence-electron chi connectivity index (χ0n) is 10.0. The third kappa shape index (κ3) is 3.78. The molecule has 0 saturated carbocycles. The predicted octanol–water partition coefficient (Wildman–Crippen LogP) is 0.350. The first-order valence-electron chi connectivity index (χ1n) is 5.93. The molecule has 1 saturated heterocycles. The van der Waals surface area contributed by atoms with Gasteiger partial charge in [0.15, 0.2) is 5.44 Å². The summed E-state index contributed by atoms with van der Waals surface area (Å²) in [5.74, 6) is 0. The Morgan fingerprint density at radius 1 is 1.28 bits per heavy atom. The smallest absolute Gasteiger partial charge is 0.238 e. The maximum absolute atomic E-state index is 11.0. The number of nitrogens with two attached hydrogens (primary N) is 2. The molecule has 1 aliphatic heterocycles. The van der Waals surface area contributed by atoms with Gasteiger partial charge < -0.3 is 10.5 Å². The van der Waals surface area contributed by atoms with Crippen molar-refractivity contribution in [2.75, 3.05) is 0 Å². The van der Waals surface area contributed by atoms with Crippen LogP contribution < -0.4 is 10.9 Å². The molecule has 2 unspecified atom stereocenters. The zero-order valence-corrected chi connectivity index (χ0v) is 10.8. The van der Waals surface area contributed by atoms with Crippen LogP contribution in [0.5, 0.6) is 0 Å². The Morgan fingerprint density at radius 3 is 2.50 bits per heavy atom. The van der Waals surface area contributed by atoms with Crippen LogP contribution in [0.4, 0.5) is 0 Å². The molecule has 3 atom stereocenters. The van der Waals surface area contributed by atoms with Gasteiger partial charge in [-0.05, 0) is 24.8 Å². The summed E-state index contributed by atoms with van der Waals surface area (Å²) >= 11 is 0. The minimum atomic E-state index is -3.57. The van der Waals surface area contributed by atoms with E-state index in [4.69, 9.17) is 15.6 Å². The molecule has 1 heterocycles. The Bertz CT molecular complexity index is 489. The van der Waals surface area contributed by atoms with Gasteiger partial charge in [0.2, 0.25) is 10.0 Å². The van der Waals surface area contributed by atoms with Crippen LogP contribution in [0.2, 0.25) is 0 Å². The van der Waals surface area contributed by atoms with E-state index in [2.05, 4.69) is 0 Å². The second-order valence-corrected chi connectivity index (χ2v) is 6.29. The summed E-state index contributed by atoms with van der Waals surface area (Å²) in [5, 5.41) is 4.98. The highest BCUT2D eigenvalue weighted by Crippen LogP contribution is 2.30. The average Bonchev–Trinajstić information content (AvgIpc) is 3.07. The molecule has 1 fully saturated rings. The first-order chi connectivity index (χ1) is 8.47. The third-order valence-electron chi connectivity index (χ3n) is 3.04. The van der Waals surface area contributed by atoms with Gasteiger partial charge in [-0.15, -0.1) is 0 Å². The van der Waals surface area contributed by atoms with E-state index in [0.717, 1.165) is 12.8 Å². The van der Waals surface area contributed by atoms with Crippen molar-refractivity contribution in [3.05, 3.63) is 35.9 Å².